The molecule has 0 aliphatic heterocycles. The molecule has 0 bridgehead atoms. The first-order chi connectivity index (χ1) is 22.5. The zero-order valence-corrected chi connectivity index (χ0v) is 27.8. The van der Waals surface area contributed by atoms with E-state index in [2.05, 4.69) is 10.3 Å². The molecule has 11 nitrogen and oxygen atoms in total. The second-order valence-corrected chi connectivity index (χ2v) is 12.8. The summed E-state index contributed by atoms with van der Waals surface area (Å²) in [6.45, 7) is 4.90. The van der Waals surface area contributed by atoms with Crippen LogP contribution in [0.1, 0.15) is 50.4 Å². The number of nitrogen functional groups attached to an aromatic ring is 1. The van der Waals surface area contributed by atoms with E-state index in [1.165, 1.54) is 44.2 Å². The minimum absolute atomic E-state index is 0.00976. The second kappa shape index (κ2) is 15.1. The van der Waals surface area contributed by atoms with E-state index < -0.39 is 39.6 Å². The van der Waals surface area contributed by atoms with Gasteiger partial charge in [0.05, 0.1) is 31.5 Å². The van der Waals surface area contributed by atoms with Crippen LogP contribution in [0.5, 0.6) is 11.5 Å². The van der Waals surface area contributed by atoms with Crippen molar-refractivity contribution in [1.29, 1.82) is 0 Å². The zero-order valence-electron chi connectivity index (χ0n) is 26.9. The Kier molecular flexibility index (Phi) is 11.2. The van der Waals surface area contributed by atoms with Crippen LogP contribution in [0.15, 0.2) is 71.8 Å². The standard InChI is InChI=1S/C34H39FN4O7S/c1-6-17-39(31(34(41)46-7-2)24-11-9-10-12-29(24)47(42,43)8-3)33(40)30(25-19-27(44-4)28(45-5)20-26(25)35)38-22-13-14-23-21(18-22)15-16-37-32(23)36/h9-16,18-20,30-31,38H,6-8,17H2,1-5H3,(H2,36,37)/t30-,31-/m0/s1. The highest BCUT2D eigenvalue weighted by atomic mass is 32.2. The molecule has 3 N–H and O–H groups in total. The lowest BCUT2D eigenvalue weighted by molar-refractivity contribution is -0.155. The smallest absolute Gasteiger partial charge is 0.333 e. The van der Waals surface area contributed by atoms with Gasteiger partial charge in [-0.25, -0.2) is 22.6 Å². The molecule has 1 heterocycles. The number of sulfone groups is 1. The van der Waals surface area contributed by atoms with Gasteiger partial charge < -0.3 is 30.2 Å². The molecular formula is C34H39FN4O7S. The monoisotopic (exact) mass is 666 g/mol. The SMILES string of the molecule is CCCN(C(=O)[C@@H](Nc1ccc2c(N)nccc2c1)c1cc(OC)c(OC)cc1F)[C@H](C(=O)OCC)c1ccccc1S(=O)(=O)CC. The Bertz CT molecular complexity index is 1870. The summed E-state index contributed by atoms with van der Waals surface area (Å²) in [6, 6.07) is 12.5. The van der Waals surface area contributed by atoms with Crippen molar-refractivity contribution in [2.45, 2.75) is 44.2 Å². The van der Waals surface area contributed by atoms with Gasteiger partial charge in [0.1, 0.15) is 17.7 Å². The number of pyridine rings is 1. The van der Waals surface area contributed by atoms with E-state index in [1.54, 1.807) is 56.4 Å². The Balaban J connectivity index is 1.95. The lowest BCUT2D eigenvalue weighted by Crippen LogP contribution is -2.45. The quantitative estimate of drug-likeness (QED) is 0.166. The predicted octanol–water partition coefficient (Wildman–Crippen LogP) is 5.46. The normalized spacial score (nSPS) is 12.6. The maximum Gasteiger partial charge on any atom is 0.333 e. The third-order valence-corrected chi connectivity index (χ3v) is 9.47. The summed E-state index contributed by atoms with van der Waals surface area (Å²) >= 11 is 0. The lowest BCUT2D eigenvalue weighted by Gasteiger charge is -2.34. The molecule has 4 aromatic rings. The van der Waals surface area contributed by atoms with Gasteiger partial charge >= 0.3 is 5.97 Å². The van der Waals surface area contributed by atoms with Gasteiger partial charge in [-0.1, -0.05) is 32.0 Å². The number of benzene rings is 3. The highest BCUT2D eigenvalue weighted by Crippen LogP contribution is 2.37. The predicted molar refractivity (Wildman–Crippen MR) is 178 cm³/mol. The van der Waals surface area contributed by atoms with Crippen LogP contribution in [0.4, 0.5) is 15.9 Å². The topological polar surface area (TPSA) is 150 Å². The van der Waals surface area contributed by atoms with E-state index in [4.69, 9.17) is 19.9 Å². The number of nitrogens with two attached hydrogens (primary N) is 1. The number of nitrogens with one attached hydrogen (secondary N) is 1. The molecule has 3 aromatic carbocycles. The van der Waals surface area contributed by atoms with Gasteiger partial charge in [-0.15, -0.1) is 0 Å². The van der Waals surface area contributed by atoms with Crippen molar-refractivity contribution < 1.29 is 36.6 Å². The number of aromatic nitrogens is 1. The average Bonchev–Trinajstić information content (AvgIpc) is 3.07. The van der Waals surface area contributed by atoms with Gasteiger partial charge in [-0.2, -0.15) is 0 Å². The molecule has 13 heteroatoms. The van der Waals surface area contributed by atoms with Crippen LogP contribution in [0.2, 0.25) is 0 Å². The Labute approximate surface area is 273 Å². The summed E-state index contributed by atoms with van der Waals surface area (Å²) in [7, 11) is -1.08. The molecule has 0 saturated carbocycles. The Morgan fingerprint density at radius 1 is 0.979 bits per heavy atom. The highest BCUT2D eigenvalue weighted by molar-refractivity contribution is 7.91. The fourth-order valence-corrected chi connectivity index (χ4v) is 6.52. The van der Waals surface area contributed by atoms with Crippen molar-refractivity contribution in [1.82, 2.24) is 9.88 Å². The number of carbonyl (C=O) groups is 2. The Morgan fingerprint density at radius 3 is 2.34 bits per heavy atom. The summed E-state index contributed by atoms with van der Waals surface area (Å²) in [4.78, 5) is 33.8. The van der Waals surface area contributed by atoms with E-state index in [-0.39, 0.29) is 46.4 Å². The number of amides is 1. The number of ether oxygens (including phenoxy) is 3. The minimum Gasteiger partial charge on any atom is -0.493 e. The average molecular weight is 667 g/mol. The molecule has 0 spiro atoms. The van der Waals surface area contributed by atoms with Crippen LogP contribution in [-0.2, 0) is 24.2 Å². The molecule has 1 amide bonds. The zero-order chi connectivity index (χ0) is 34.3. The van der Waals surface area contributed by atoms with Crippen molar-refractivity contribution in [3.8, 4) is 11.5 Å². The molecule has 0 aliphatic carbocycles. The van der Waals surface area contributed by atoms with Crippen LogP contribution < -0.4 is 20.5 Å². The fourth-order valence-electron chi connectivity index (χ4n) is 5.38. The molecular weight excluding hydrogens is 627 g/mol. The fraction of sp³-hybridized carbons (Fsp3) is 0.324. The Hall–Kier alpha value is -4.91. The number of anilines is 2. The maximum absolute atomic E-state index is 15.9. The summed E-state index contributed by atoms with van der Waals surface area (Å²) in [5, 5.41) is 4.55. The summed E-state index contributed by atoms with van der Waals surface area (Å²) in [5.41, 5.74) is 6.46. The first-order valence-electron chi connectivity index (χ1n) is 15.1. The first kappa shape index (κ1) is 35.0. The van der Waals surface area contributed by atoms with Crippen LogP contribution in [-0.4, -0.2) is 63.3 Å². The van der Waals surface area contributed by atoms with Crippen molar-refractivity contribution >= 4 is 44.0 Å². The highest BCUT2D eigenvalue weighted by Gasteiger charge is 2.39. The number of esters is 1. The summed E-state index contributed by atoms with van der Waals surface area (Å²) < 4.78 is 58.5. The van der Waals surface area contributed by atoms with E-state index in [1.807, 2.05) is 0 Å². The van der Waals surface area contributed by atoms with Crippen molar-refractivity contribution in [3.05, 3.63) is 83.8 Å². The van der Waals surface area contributed by atoms with Crippen molar-refractivity contribution in [3.63, 3.8) is 0 Å². The van der Waals surface area contributed by atoms with Crippen LogP contribution >= 0.6 is 0 Å². The number of hydrogen-bond donors (Lipinski definition) is 2. The van der Waals surface area contributed by atoms with E-state index in [9.17, 15) is 18.0 Å². The van der Waals surface area contributed by atoms with Gasteiger partial charge in [0, 0.05) is 41.0 Å². The third-order valence-electron chi connectivity index (χ3n) is 7.66. The van der Waals surface area contributed by atoms with Gasteiger partial charge in [-0.3, -0.25) is 4.79 Å². The van der Waals surface area contributed by atoms with Gasteiger partial charge in [0.15, 0.2) is 27.4 Å². The molecule has 1 aromatic heterocycles. The summed E-state index contributed by atoms with van der Waals surface area (Å²) in [6.07, 6.45) is 1.93. The van der Waals surface area contributed by atoms with Gasteiger partial charge in [0.2, 0.25) is 0 Å². The number of rotatable bonds is 14. The number of nitrogens with zero attached hydrogens (tertiary/aromatic N) is 2. The molecule has 4 rings (SSSR count). The van der Waals surface area contributed by atoms with Gasteiger partial charge in [-0.05, 0) is 55.1 Å². The molecule has 0 saturated heterocycles. The van der Waals surface area contributed by atoms with Crippen LogP contribution in [0.3, 0.4) is 0 Å². The van der Waals surface area contributed by atoms with Gasteiger partial charge in [0.25, 0.3) is 5.91 Å². The molecule has 250 valence electrons. The van der Waals surface area contributed by atoms with Crippen molar-refractivity contribution in [2.75, 3.05) is 44.2 Å². The Morgan fingerprint density at radius 2 is 1.68 bits per heavy atom. The van der Waals surface area contributed by atoms with E-state index in [0.29, 0.717) is 23.3 Å². The molecule has 47 heavy (non-hydrogen) atoms. The minimum atomic E-state index is -3.83. The van der Waals surface area contributed by atoms with Crippen molar-refractivity contribution in [2.24, 2.45) is 0 Å². The van der Waals surface area contributed by atoms with E-state index >= 15 is 4.39 Å². The number of halogens is 1. The lowest BCUT2D eigenvalue weighted by atomic mass is 9.99. The first-order valence-corrected chi connectivity index (χ1v) is 16.8. The number of methoxy groups -OCH3 is 2. The molecule has 0 fully saturated rings. The number of fused-ring (bicyclic) bond motifs is 1. The van der Waals surface area contributed by atoms with Crippen LogP contribution in [0.25, 0.3) is 10.8 Å². The largest absolute Gasteiger partial charge is 0.493 e. The molecule has 2 atom stereocenters. The summed E-state index contributed by atoms with van der Waals surface area (Å²) in [5.74, 6) is -1.95. The maximum atomic E-state index is 15.9. The van der Waals surface area contributed by atoms with Crippen LogP contribution in [0, 0.1) is 5.82 Å². The number of hydrogen-bond acceptors (Lipinski definition) is 10. The second-order valence-electron chi connectivity index (χ2n) is 10.6. The molecule has 0 aliphatic rings. The number of carbonyl (C=O) groups excluding carboxylic acids is 2. The third kappa shape index (κ3) is 7.40. The molecule has 0 unspecified atom stereocenters. The van der Waals surface area contributed by atoms with E-state index in [0.717, 1.165) is 11.5 Å². The molecule has 0 radical (unpaired) electrons.